The number of nitrogens with one attached hydrogen (secondary N) is 1. The van der Waals surface area contributed by atoms with Gasteiger partial charge in [-0.2, -0.15) is 0 Å². The largest absolute Gasteiger partial charge is 0.507 e. The molecule has 1 aromatic heterocycles. The first-order valence-corrected chi connectivity index (χ1v) is 6.43. The predicted octanol–water partition coefficient (Wildman–Crippen LogP) is 2.40. The van der Waals surface area contributed by atoms with E-state index in [2.05, 4.69) is 10.3 Å². The Morgan fingerprint density at radius 1 is 1.44 bits per heavy atom. The molecule has 2 aromatic rings. The monoisotopic (exact) mass is 262 g/mol. The molecule has 0 atom stereocenters. The smallest absolute Gasteiger partial charge is 0.255 e. The molecule has 0 saturated carbocycles. The normalized spacial score (nSPS) is 10.3. The van der Waals surface area contributed by atoms with Crippen LogP contribution in [0.25, 0.3) is 0 Å². The van der Waals surface area contributed by atoms with Crippen LogP contribution >= 0.6 is 11.3 Å². The van der Waals surface area contributed by atoms with Gasteiger partial charge in [0.15, 0.2) is 0 Å². The van der Waals surface area contributed by atoms with E-state index in [1.807, 2.05) is 19.2 Å². The second-order valence-electron chi connectivity index (χ2n) is 4.06. The van der Waals surface area contributed by atoms with Gasteiger partial charge in [-0.25, -0.2) is 4.98 Å². The molecule has 2 rings (SSSR count). The van der Waals surface area contributed by atoms with Crippen LogP contribution in [0.4, 0.5) is 0 Å². The molecule has 0 aliphatic heterocycles. The lowest BCUT2D eigenvalue weighted by molar-refractivity contribution is 0.0947. The van der Waals surface area contributed by atoms with E-state index in [4.69, 9.17) is 0 Å². The van der Waals surface area contributed by atoms with Crippen molar-refractivity contribution < 1.29 is 9.90 Å². The summed E-state index contributed by atoms with van der Waals surface area (Å²) in [5.41, 5.74) is 2.06. The standard InChI is InChI=1S/C13H14N2O2S/c1-8-3-4-12(16)11(5-8)13(17)14-6-10-7-18-9(2)15-10/h3-5,7,16H,6H2,1-2H3,(H,14,17). The Morgan fingerprint density at radius 3 is 2.89 bits per heavy atom. The molecule has 0 aliphatic carbocycles. The van der Waals surface area contributed by atoms with Crippen molar-refractivity contribution in [1.82, 2.24) is 10.3 Å². The van der Waals surface area contributed by atoms with Crippen molar-refractivity contribution in [2.75, 3.05) is 0 Å². The van der Waals surface area contributed by atoms with E-state index in [-0.39, 0.29) is 11.7 Å². The topological polar surface area (TPSA) is 62.2 Å². The Morgan fingerprint density at radius 2 is 2.22 bits per heavy atom. The molecule has 5 heteroatoms. The van der Waals surface area contributed by atoms with Crippen molar-refractivity contribution in [3.05, 3.63) is 45.4 Å². The van der Waals surface area contributed by atoms with E-state index in [0.717, 1.165) is 16.3 Å². The Kier molecular flexibility index (Phi) is 3.62. The minimum atomic E-state index is -0.290. The van der Waals surface area contributed by atoms with Gasteiger partial charge in [-0.05, 0) is 26.0 Å². The highest BCUT2D eigenvalue weighted by atomic mass is 32.1. The molecule has 0 bridgehead atoms. The molecule has 0 saturated heterocycles. The molecular formula is C13H14N2O2S. The first kappa shape index (κ1) is 12.6. The Balaban J connectivity index is 2.05. The van der Waals surface area contributed by atoms with Crippen molar-refractivity contribution in [3.8, 4) is 5.75 Å². The van der Waals surface area contributed by atoms with Crippen LogP contribution in [-0.2, 0) is 6.54 Å². The highest BCUT2D eigenvalue weighted by Gasteiger charge is 2.11. The number of phenols is 1. The van der Waals surface area contributed by atoms with Crippen molar-refractivity contribution in [2.45, 2.75) is 20.4 Å². The van der Waals surface area contributed by atoms with Gasteiger partial charge in [0.05, 0.1) is 22.8 Å². The summed E-state index contributed by atoms with van der Waals surface area (Å²) in [4.78, 5) is 16.2. The van der Waals surface area contributed by atoms with Gasteiger partial charge in [0.1, 0.15) is 5.75 Å². The minimum Gasteiger partial charge on any atom is -0.507 e. The van der Waals surface area contributed by atoms with Gasteiger partial charge in [-0.3, -0.25) is 4.79 Å². The molecule has 0 radical (unpaired) electrons. The summed E-state index contributed by atoms with van der Waals surface area (Å²) in [6.07, 6.45) is 0. The lowest BCUT2D eigenvalue weighted by atomic mass is 10.1. The van der Waals surface area contributed by atoms with E-state index in [9.17, 15) is 9.90 Å². The number of aryl methyl sites for hydroxylation is 2. The van der Waals surface area contributed by atoms with E-state index >= 15 is 0 Å². The highest BCUT2D eigenvalue weighted by Crippen LogP contribution is 2.18. The van der Waals surface area contributed by atoms with Crippen LogP contribution < -0.4 is 5.32 Å². The summed E-state index contributed by atoms with van der Waals surface area (Å²) in [6.45, 7) is 4.17. The number of carbonyl (C=O) groups excluding carboxylic acids is 1. The van der Waals surface area contributed by atoms with Crippen molar-refractivity contribution in [1.29, 1.82) is 0 Å². The number of hydrogen-bond donors (Lipinski definition) is 2. The molecule has 0 fully saturated rings. The van der Waals surface area contributed by atoms with Gasteiger partial charge in [-0.15, -0.1) is 11.3 Å². The number of carbonyl (C=O) groups is 1. The van der Waals surface area contributed by atoms with Crippen molar-refractivity contribution in [2.24, 2.45) is 0 Å². The van der Waals surface area contributed by atoms with E-state index in [1.54, 1.807) is 23.5 Å². The molecule has 0 unspecified atom stereocenters. The second-order valence-corrected chi connectivity index (χ2v) is 5.12. The number of phenolic OH excluding ortho intramolecular Hbond substituents is 1. The number of aromatic nitrogens is 1. The van der Waals surface area contributed by atoms with Crippen molar-refractivity contribution >= 4 is 17.2 Å². The lowest BCUT2D eigenvalue weighted by Crippen LogP contribution is -2.23. The maximum absolute atomic E-state index is 11.9. The molecule has 1 aromatic carbocycles. The summed E-state index contributed by atoms with van der Waals surface area (Å²) in [5.74, 6) is -0.297. The molecule has 1 heterocycles. The highest BCUT2D eigenvalue weighted by molar-refractivity contribution is 7.09. The SMILES string of the molecule is Cc1ccc(O)c(C(=O)NCc2csc(C)n2)c1. The van der Waals surface area contributed by atoms with Gasteiger partial charge < -0.3 is 10.4 Å². The number of benzene rings is 1. The van der Waals surface area contributed by atoms with E-state index in [1.165, 1.54) is 6.07 Å². The van der Waals surface area contributed by atoms with Crippen LogP contribution in [0.5, 0.6) is 5.75 Å². The van der Waals surface area contributed by atoms with E-state index in [0.29, 0.717) is 12.1 Å². The molecular weight excluding hydrogens is 248 g/mol. The van der Waals surface area contributed by atoms with Crippen LogP contribution in [0.15, 0.2) is 23.6 Å². The number of hydrogen-bond acceptors (Lipinski definition) is 4. The lowest BCUT2D eigenvalue weighted by Gasteiger charge is -2.06. The quantitative estimate of drug-likeness (QED) is 0.892. The van der Waals surface area contributed by atoms with Gasteiger partial charge in [0, 0.05) is 5.38 Å². The number of rotatable bonds is 3. The second kappa shape index (κ2) is 5.18. The third kappa shape index (κ3) is 2.87. The van der Waals surface area contributed by atoms with Crippen LogP contribution in [0.3, 0.4) is 0 Å². The molecule has 94 valence electrons. The fourth-order valence-electron chi connectivity index (χ4n) is 1.59. The zero-order chi connectivity index (χ0) is 13.1. The Labute approximate surface area is 109 Å². The fraction of sp³-hybridized carbons (Fsp3) is 0.231. The van der Waals surface area contributed by atoms with Gasteiger partial charge in [0.2, 0.25) is 0 Å². The average Bonchev–Trinajstić information content (AvgIpc) is 2.75. The van der Waals surface area contributed by atoms with Gasteiger partial charge in [0.25, 0.3) is 5.91 Å². The zero-order valence-electron chi connectivity index (χ0n) is 10.2. The number of amides is 1. The molecule has 4 nitrogen and oxygen atoms in total. The number of thiazole rings is 1. The summed E-state index contributed by atoms with van der Waals surface area (Å²) < 4.78 is 0. The van der Waals surface area contributed by atoms with Crippen LogP contribution in [-0.4, -0.2) is 16.0 Å². The summed E-state index contributed by atoms with van der Waals surface area (Å²) in [5, 5.41) is 15.3. The van der Waals surface area contributed by atoms with Gasteiger partial charge in [-0.1, -0.05) is 11.6 Å². The Bertz CT molecular complexity index is 578. The van der Waals surface area contributed by atoms with Crippen LogP contribution in [0, 0.1) is 13.8 Å². The summed E-state index contributed by atoms with van der Waals surface area (Å²) in [6, 6.07) is 4.95. The van der Waals surface area contributed by atoms with Gasteiger partial charge >= 0.3 is 0 Å². The third-order valence-electron chi connectivity index (χ3n) is 2.49. The van der Waals surface area contributed by atoms with E-state index < -0.39 is 0 Å². The first-order valence-electron chi connectivity index (χ1n) is 5.55. The maximum atomic E-state index is 11.9. The zero-order valence-corrected chi connectivity index (χ0v) is 11.0. The molecule has 18 heavy (non-hydrogen) atoms. The minimum absolute atomic E-state index is 0.00689. The molecule has 0 spiro atoms. The Hall–Kier alpha value is -1.88. The third-order valence-corrected chi connectivity index (χ3v) is 3.32. The average molecular weight is 262 g/mol. The maximum Gasteiger partial charge on any atom is 0.255 e. The summed E-state index contributed by atoms with van der Waals surface area (Å²) in [7, 11) is 0. The first-order chi connectivity index (χ1) is 8.56. The number of nitrogens with zero attached hydrogens (tertiary/aromatic N) is 1. The number of aromatic hydroxyl groups is 1. The van der Waals surface area contributed by atoms with Crippen molar-refractivity contribution in [3.63, 3.8) is 0 Å². The summed E-state index contributed by atoms with van der Waals surface area (Å²) >= 11 is 1.55. The molecule has 1 amide bonds. The molecule has 2 N–H and O–H groups in total. The fourth-order valence-corrected chi connectivity index (χ4v) is 2.20. The molecule has 0 aliphatic rings. The van der Waals surface area contributed by atoms with Crippen LogP contribution in [0.2, 0.25) is 0 Å². The van der Waals surface area contributed by atoms with Crippen LogP contribution in [0.1, 0.15) is 26.6 Å². The predicted molar refractivity (Wildman–Crippen MR) is 70.9 cm³/mol.